The van der Waals surface area contributed by atoms with Crippen LogP contribution in [0.2, 0.25) is 0 Å². The number of carbonyl (C=O) groups is 2. The van der Waals surface area contributed by atoms with Gasteiger partial charge in [-0.1, -0.05) is 6.92 Å². The maximum Gasteiger partial charge on any atom is 0.303 e. The minimum atomic E-state index is -0.790. The van der Waals surface area contributed by atoms with E-state index in [9.17, 15) is 9.59 Å². The monoisotopic (exact) mass is 278 g/mol. The Morgan fingerprint density at radius 1 is 1.50 bits per heavy atom. The van der Waals surface area contributed by atoms with Crippen molar-refractivity contribution in [2.75, 3.05) is 6.54 Å². The molecular formula is C15H22N2O3. The highest BCUT2D eigenvalue weighted by atomic mass is 16.4. The topological polar surface area (TPSA) is 71.3 Å². The van der Waals surface area contributed by atoms with Crippen LogP contribution in [0.15, 0.2) is 18.3 Å². The number of carbonyl (C=O) groups excluding carboxylic acids is 1. The molecule has 0 radical (unpaired) electrons. The summed E-state index contributed by atoms with van der Waals surface area (Å²) in [7, 11) is 0. The Bertz CT molecular complexity index is 477. The van der Waals surface area contributed by atoms with Crippen molar-refractivity contribution < 1.29 is 14.7 Å². The van der Waals surface area contributed by atoms with Gasteiger partial charge in [0.2, 0.25) is 0 Å². The molecule has 1 saturated carbocycles. The zero-order chi connectivity index (χ0) is 14.5. The SMILES string of the molecule is CC(CCC(=O)O)CNC(=O)c1cccn1C1CCC1. The molecule has 1 fully saturated rings. The third kappa shape index (κ3) is 3.62. The van der Waals surface area contributed by atoms with Crippen molar-refractivity contribution in [3.8, 4) is 0 Å². The Morgan fingerprint density at radius 2 is 2.25 bits per heavy atom. The molecular weight excluding hydrogens is 256 g/mol. The lowest BCUT2D eigenvalue weighted by molar-refractivity contribution is -0.137. The maximum absolute atomic E-state index is 12.2. The van der Waals surface area contributed by atoms with E-state index in [1.807, 2.05) is 25.3 Å². The quantitative estimate of drug-likeness (QED) is 0.804. The highest BCUT2D eigenvalue weighted by molar-refractivity contribution is 5.92. The second kappa shape index (κ2) is 6.59. The molecule has 1 amide bonds. The van der Waals surface area contributed by atoms with Crippen LogP contribution in [-0.2, 0) is 4.79 Å². The third-order valence-corrected chi connectivity index (χ3v) is 3.94. The van der Waals surface area contributed by atoms with E-state index in [-0.39, 0.29) is 18.2 Å². The molecule has 5 heteroatoms. The van der Waals surface area contributed by atoms with E-state index in [0.29, 0.717) is 24.7 Å². The van der Waals surface area contributed by atoms with E-state index in [1.165, 1.54) is 6.42 Å². The van der Waals surface area contributed by atoms with E-state index >= 15 is 0 Å². The van der Waals surface area contributed by atoms with Crippen LogP contribution in [0, 0.1) is 5.92 Å². The van der Waals surface area contributed by atoms with Crippen LogP contribution in [0.25, 0.3) is 0 Å². The maximum atomic E-state index is 12.2. The molecule has 0 aliphatic heterocycles. The van der Waals surface area contributed by atoms with Crippen LogP contribution >= 0.6 is 0 Å². The molecule has 1 atom stereocenters. The molecule has 1 aromatic rings. The van der Waals surface area contributed by atoms with Gasteiger partial charge in [-0.25, -0.2) is 0 Å². The predicted octanol–water partition coefficient (Wildman–Crippen LogP) is 2.44. The predicted molar refractivity (Wildman–Crippen MR) is 75.7 cm³/mol. The lowest BCUT2D eigenvalue weighted by Crippen LogP contribution is -2.31. The number of aliphatic carboxylic acids is 1. The molecule has 0 saturated heterocycles. The molecule has 1 aliphatic carbocycles. The first-order valence-corrected chi connectivity index (χ1v) is 7.24. The molecule has 1 unspecified atom stereocenters. The average molecular weight is 278 g/mol. The molecule has 20 heavy (non-hydrogen) atoms. The van der Waals surface area contributed by atoms with Crippen LogP contribution < -0.4 is 5.32 Å². The van der Waals surface area contributed by atoms with Crippen LogP contribution in [-0.4, -0.2) is 28.1 Å². The van der Waals surface area contributed by atoms with Crippen LogP contribution in [0.1, 0.15) is 55.6 Å². The number of hydrogen-bond donors (Lipinski definition) is 2. The fraction of sp³-hybridized carbons (Fsp3) is 0.600. The Hall–Kier alpha value is -1.78. The number of carboxylic acid groups (broad SMARTS) is 1. The first-order chi connectivity index (χ1) is 9.58. The van der Waals surface area contributed by atoms with Crippen molar-refractivity contribution in [2.24, 2.45) is 5.92 Å². The van der Waals surface area contributed by atoms with Crippen LogP contribution in [0.4, 0.5) is 0 Å². The van der Waals surface area contributed by atoms with Gasteiger partial charge in [0.25, 0.3) is 5.91 Å². The van der Waals surface area contributed by atoms with Crippen molar-refractivity contribution in [1.29, 1.82) is 0 Å². The third-order valence-electron chi connectivity index (χ3n) is 3.94. The number of nitrogens with one attached hydrogen (secondary N) is 1. The second-order valence-electron chi connectivity index (χ2n) is 5.63. The number of amides is 1. The van der Waals surface area contributed by atoms with Gasteiger partial charge >= 0.3 is 5.97 Å². The van der Waals surface area contributed by atoms with Gasteiger partial charge in [0.1, 0.15) is 5.69 Å². The summed E-state index contributed by atoms with van der Waals surface area (Å²) in [5.74, 6) is -0.687. The summed E-state index contributed by atoms with van der Waals surface area (Å²) < 4.78 is 2.06. The van der Waals surface area contributed by atoms with E-state index in [1.54, 1.807) is 0 Å². The standard InChI is InChI=1S/C15H22N2O3/c1-11(7-8-14(18)19)10-16-15(20)13-6-3-9-17(13)12-4-2-5-12/h3,6,9,11-12H,2,4-5,7-8,10H2,1H3,(H,16,20)(H,18,19). The molecule has 5 nitrogen and oxygen atoms in total. The molecule has 1 aromatic heterocycles. The Kier molecular flexibility index (Phi) is 4.82. The summed E-state index contributed by atoms with van der Waals surface area (Å²) in [6.07, 6.45) is 6.21. The number of hydrogen-bond acceptors (Lipinski definition) is 2. The zero-order valence-electron chi connectivity index (χ0n) is 11.8. The smallest absolute Gasteiger partial charge is 0.303 e. The highest BCUT2D eigenvalue weighted by Gasteiger charge is 2.23. The summed E-state index contributed by atoms with van der Waals surface area (Å²) in [6, 6.07) is 4.21. The Balaban J connectivity index is 1.82. The fourth-order valence-corrected chi connectivity index (χ4v) is 2.40. The summed E-state index contributed by atoms with van der Waals surface area (Å²) in [5.41, 5.74) is 0.708. The second-order valence-corrected chi connectivity index (χ2v) is 5.63. The molecule has 110 valence electrons. The number of rotatable bonds is 7. The van der Waals surface area contributed by atoms with Gasteiger partial charge in [0, 0.05) is 25.2 Å². The van der Waals surface area contributed by atoms with Gasteiger partial charge in [0.15, 0.2) is 0 Å². The van der Waals surface area contributed by atoms with Crippen molar-refractivity contribution in [1.82, 2.24) is 9.88 Å². The largest absolute Gasteiger partial charge is 0.481 e. The molecule has 0 bridgehead atoms. The molecule has 1 heterocycles. The van der Waals surface area contributed by atoms with E-state index in [4.69, 9.17) is 5.11 Å². The van der Waals surface area contributed by atoms with E-state index in [0.717, 1.165) is 12.8 Å². The van der Waals surface area contributed by atoms with Crippen molar-refractivity contribution in [3.05, 3.63) is 24.0 Å². The average Bonchev–Trinajstić information content (AvgIpc) is 2.80. The number of nitrogens with zero attached hydrogens (tertiary/aromatic N) is 1. The lowest BCUT2D eigenvalue weighted by Gasteiger charge is -2.28. The molecule has 2 rings (SSSR count). The first kappa shape index (κ1) is 14.6. The van der Waals surface area contributed by atoms with Gasteiger partial charge in [-0.15, -0.1) is 0 Å². The fourth-order valence-electron chi connectivity index (χ4n) is 2.40. The molecule has 0 spiro atoms. The minimum Gasteiger partial charge on any atom is -0.481 e. The van der Waals surface area contributed by atoms with Crippen LogP contribution in [0.5, 0.6) is 0 Å². The van der Waals surface area contributed by atoms with Crippen molar-refractivity contribution in [3.63, 3.8) is 0 Å². The molecule has 0 aromatic carbocycles. The van der Waals surface area contributed by atoms with Gasteiger partial charge in [-0.05, 0) is 43.7 Å². The van der Waals surface area contributed by atoms with Gasteiger partial charge in [-0.2, -0.15) is 0 Å². The summed E-state index contributed by atoms with van der Waals surface area (Å²) in [6.45, 7) is 2.47. The highest BCUT2D eigenvalue weighted by Crippen LogP contribution is 2.32. The normalized spacial score (nSPS) is 16.4. The van der Waals surface area contributed by atoms with Gasteiger partial charge in [0.05, 0.1) is 0 Å². The number of aromatic nitrogens is 1. The van der Waals surface area contributed by atoms with Crippen molar-refractivity contribution in [2.45, 2.75) is 45.1 Å². The Morgan fingerprint density at radius 3 is 2.85 bits per heavy atom. The minimum absolute atomic E-state index is 0.0657. The first-order valence-electron chi connectivity index (χ1n) is 7.24. The van der Waals surface area contributed by atoms with E-state index in [2.05, 4.69) is 9.88 Å². The van der Waals surface area contributed by atoms with Crippen molar-refractivity contribution >= 4 is 11.9 Å². The summed E-state index contributed by atoms with van der Waals surface area (Å²) >= 11 is 0. The Labute approximate surface area is 119 Å². The van der Waals surface area contributed by atoms with Gasteiger partial charge in [-0.3, -0.25) is 9.59 Å². The van der Waals surface area contributed by atoms with Gasteiger partial charge < -0.3 is 15.0 Å². The molecule has 1 aliphatic rings. The number of carboxylic acids is 1. The zero-order valence-corrected chi connectivity index (χ0v) is 11.8. The summed E-state index contributed by atoms with van der Waals surface area (Å²) in [4.78, 5) is 22.7. The lowest BCUT2D eigenvalue weighted by atomic mass is 9.93. The van der Waals surface area contributed by atoms with E-state index < -0.39 is 5.97 Å². The van der Waals surface area contributed by atoms with Crippen LogP contribution in [0.3, 0.4) is 0 Å². The molecule has 2 N–H and O–H groups in total. The summed E-state index contributed by atoms with van der Waals surface area (Å²) in [5, 5.41) is 11.5.